The summed E-state index contributed by atoms with van der Waals surface area (Å²) in [4.78, 5) is 11.4. The maximum atomic E-state index is 11.4. The molecule has 0 spiro atoms. The lowest BCUT2D eigenvalue weighted by Crippen LogP contribution is -2.38. The number of aromatic nitrogens is 4. The zero-order valence-corrected chi connectivity index (χ0v) is 12.8. The van der Waals surface area contributed by atoms with Crippen LogP contribution in [0, 0.1) is 0 Å². The first-order valence-electron chi connectivity index (χ1n) is 6.09. The van der Waals surface area contributed by atoms with Crippen LogP contribution in [0.25, 0.3) is 0 Å². The van der Waals surface area contributed by atoms with Gasteiger partial charge in [0.25, 0.3) is 0 Å². The van der Waals surface area contributed by atoms with Crippen LogP contribution in [0.15, 0.2) is 5.16 Å². The van der Waals surface area contributed by atoms with Crippen LogP contribution in [-0.4, -0.2) is 50.6 Å². The van der Waals surface area contributed by atoms with Gasteiger partial charge in [0.2, 0.25) is 5.16 Å². The standard InChI is InChI=1S/C11H21N5O2S/c1-8(9(17)18-5)19-10-13-14-15-16(10)7-6-12-11(2,3)4/h8,12H,6-7H2,1-5H3. The van der Waals surface area contributed by atoms with Gasteiger partial charge >= 0.3 is 5.97 Å². The monoisotopic (exact) mass is 287 g/mol. The SMILES string of the molecule is COC(=O)C(C)Sc1nnnn1CCNC(C)(C)C. The van der Waals surface area contributed by atoms with Crippen LogP contribution in [0.4, 0.5) is 0 Å². The summed E-state index contributed by atoms with van der Waals surface area (Å²) in [6.45, 7) is 9.48. The summed E-state index contributed by atoms with van der Waals surface area (Å²) in [5.41, 5.74) is 0.0562. The highest BCUT2D eigenvalue weighted by Crippen LogP contribution is 2.20. The minimum Gasteiger partial charge on any atom is -0.468 e. The van der Waals surface area contributed by atoms with Gasteiger partial charge in [-0.05, 0) is 38.1 Å². The van der Waals surface area contributed by atoms with Crippen LogP contribution in [-0.2, 0) is 16.1 Å². The third-order valence-electron chi connectivity index (χ3n) is 2.29. The molecule has 0 aromatic carbocycles. The molecule has 0 amide bonds. The Hall–Kier alpha value is -1.15. The van der Waals surface area contributed by atoms with E-state index in [1.165, 1.54) is 18.9 Å². The average Bonchev–Trinajstić information content (AvgIpc) is 2.74. The first-order chi connectivity index (χ1) is 8.83. The van der Waals surface area contributed by atoms with Crippen LogP contribution in [0.2, 0.25) is 0 Å². The fourth-order valence-corrected chi connectivity index (χ4v) is 2.17. The number of tetrazole rings is 1. The second-order valence-electron chi connectivity index (χ2n) is 5.14. The number of esters is 1. The van der Waals surface area contributed by atoms with E-state index in [4.69, 9.17) is 0 Å². The Morgan fingerprint density at radius 2 is 2.21 bits per heavy atom. The summed E-state index contributed by atoms with van der Waals surface area (Å²) in [5.74, 6) is -0.285. The normalized spacial score (nSPS) is 13.3. The molecule has 1 unspecified atom stereocenters. The van der Waals surface area contributed by atoms with Gasteiger partial charge in [-0.1, -0.05) is 11.8 Å². The van der Waals surface area contributed by atoms with Crippen molar-refractivity contribution in [3.05, 3.63) is 0 Å². The zero-order chi connectivity index (χ0) is 14.5. The Bertz CT molecular complexity index is 415. The zero-order valence-electron chi connectivity index (χ0n) is 12.0. The average molecular weight is 287 g/mol. The second-order valence-corrected chi connectivity index (χ2v) is 6.45. The second kappa shape index (κ2) is 6.85. The van der Waals surface area contributed by atoms with E-state index in [2.05, 4.69) is 46.4 Å². The molecule has 0 radical (unpaired) electrons. The van der Waals surface area contributed by atoms with Gasteiger partial charge in [-0.25, -0.2) is 4.68 Å². The van der Waals surface area contributed by atoms with E-state index in [-0.39, 0.29) is 16.8 Å². The fourth-order valence-electron chi connectivity index (χ4n) is 1.33. The summed E-state index contributed by atoms with van der Waals surface area (Å²) in [6.07, 6.45) is 0. The van der Waals surface area contributed by atoms with Crippen LogP contribution in [0.3, 0.4) is 0 Å². The lowest BCUT2D eigenvalue weighted by molar-refractivity contribution is -0.139. The van der Waals surface area contributed by atoms with E-state index in [1.54, 1.807) is 11.6 Å². The first kappa shape index (κ1) is 15.9. The number of nitrogens with zero attached hydrogens (tertiary/aromatic N) is 4. The number of thioether (sulfide) groups is 1. The number of nitrogens with one attached hydrogen (secondary N) is 1. The molecule has 1 heterocycles. The molecule has 1 aromatic rings. The maximum Gasteiger partial charge on any atom is 0.318 e. The number of methoxy groups -OCH3 is 1. The maximum absolute atomic E-state index is 11.4. The fraction of sp³-hybridized carbons (Fsp3) is 0.818. The topological polar surface area (TPSA) is 81.9 Å². The lowest BCUT2D eigenvalue weighted by Gasteiger charge is -2.20. The highest BCUT2D eigenvalue weighted by molar-refractivity contribution is 8.00. The van der Waals surface area contributed by atoms with E-state index in [9.17, 15) is 4.79 Å². The van der Waals surface area contributed by atoms with Gasteiger partial charge in [-0.3, -0.25) is 4.79 Å². The molecule has 0 aliphatic rings. The predicted molar refractivity (Wildman–Crippen MR) is 72.9 cm³/mol. The van der Waals surface area contributed by atoms with Crippen molar-refractivity contribution in [2.24, 2.45) is 0 Å². The quantitative estimate of drug-likeness (QED) is 0.609. The highest BCUT2D eigenvalue weighted by atomic mass is 32.2. The Morgan fingerprint density at radius 1 is 1.53 bits per heavy atom. The van der Waals surface area contributed by atoms with E-state index >= 15 is 0 Å². The molecule has 0 aliphatic heterocycles. The van der Waals surface area contributed by atoms with Crippen molar-refractivity contribution in [2.45, 2.75) is 50.2 Å². The first-order valence-corrected chi connectivity index (χ1v) is 6.97. The van der Waals surface area contributed by atoms with E-state index in [0.717, 1.165) is 6.54 Å². The van der Waals surface area contributed by atoms with Gasteiger partial charge in [0, 0.05) is 12.1 Å². The van der Waals surface area contributed by atoms with Gasteiger partial charge in [0.1, 0.15) is 5.25 Å². The molecular weight excluding hydrogens is 266 g/mol. The van der Waals surface area contributed by atoms with E-state index in [1.807, 2.05) is 0 Å². The Kier molecular flexibility index (Phi) is 5.74. The number of hydrogen-bond acceptors (Lipinski definition) is 7. The molecule has 0 aliphatic carbocycles. The molecule has 0 saturated heterocycles. The van der Waals surface area contributed by atoms with Crippen molar-refractivity contribution in [3.63, 3.8) is 0 Å². The van der Waals surface area contributed by atoms with Crippen LogP contribution in [0.1, 0.15) is 27.7 Å². The summed E-state index contributed by atoms with van der Waals surface area (Å²) in [7, 11) is 1.37. The minimum atomic E-state index is -0.328. The van der Waals surface area contributed by atoms with Crippen molar-refractivity contribution in [3.8, 4) is 0 Å². The number of hydrogen-bond donors (Lipinski definition) is 1. The smallest absolute Gasteiger partial charge is 0.318 e. The summed E-state index contributed by atoms with van der Waals surface area (Å²) >= 11 is 1.29. The molecule has 1 atom stereocenters. The van der Waals surface area contributed by atoms with Crippen LogP contribution >= 0.6 is 11.8 Å². The van der Waals surface area contributed by atoms with Gasteiger partial charge < -0.3 is 10.1 Å². The minimum absolute atomic E-state index is 0.0562. The molecule has 108 valence electrons. The number of ether oxygens (including phenoxy) is 1. The molecule has 0 saturated carbocycles. The highest BCUT2D eigenvalue weighted by Gasteiger charge is 2.19. The summed E-state index contributed by atoms with van der Waals surface area (Å²) in [6, 6.07) is 0. The molecular formula is C11H21N5O2S. The molecule has 19 heavy (non-hydrogen) atoms. The lowest BCUT2D eigenvalue weighted by atomic mass is 10.1. The van der Waals surface area contributed by atoms with Gasteiger partial charge in [-0.2, -0.15) is 0 Å². The molecule has 8 heteroatoms. The third kappa shape index (κ3) is 5.56. The number of rotatable bonds is 6. The number of carbonyl (C=O) groups is 1. The molecule has 1 aromatic heterocycles. The molecule has 7 nitrogen and oxygen atoms in total. The third-order valence-corrected chi connectivity index (χ3v) is 3.34. The van der Waals surface area contributed by atoms with Crippen molar-refractivity contribution in [2.75, 3.05) is 13.7 Å². The molecule has 1 N–H and O–H groups in total. The van der Waals surface area contributed by atoms with Crippen LogP contribution in [0.5, 0.6) is 0 Å². The van der Waals surface area contributed by atoms with Crippen molar-refractivity contribution in [1.29, 1.82) is 0 Å². The molecule has 0 bridgehead atoms. The Balaban J connectivity index is 2.53. The summed E-state index contributed by atoms with van der Waals surface area (Å²) < 4.78 is 6.36. The Labute approximate surface area is 117 Å². The van der Waals surface area contributed by atoms with Crippen LogP contribution < -0.4 is 5.32 Å². The Morgan fingerprint density at radius 3 is 2.79 bits per heavy atom. The van der Waals surface area contributed by atoms with Gasteiger partial charge in [-0.15, -0.1) is 5.10 Å². The summed E-state index contributed by atoms with van der Waals surface area (Å²) in [5, 5.41) is 15.1. The van der Waals surface area contributed by atoms with E-state index < -0.39 is 0 Å². The van der Waals surface area contributed by atoms with Crippen molar-refractivity contribution >= 4 is 17.7 Å². The van der Waals surface area contributed by atoms with Gasteiger partial charge in [0.15, 0.2) is 0 Å². The van der Waals surface area contributed by atoms with Crippen molar-refractivity contribution in [1.82, 2.24) is 25.5 Å². The molecule has 1 rings (SSSR count). The largest absolute Gasteiger partial charge is 0.468 e. The van der Waals surface area contributed by atoms with E-state index in [0.29, 0.717) is 11.7 Å². The van der Waals surface area contributed by atoms with Crippen molar-refractivity contribution < 1.29 is 9.53 Å². The number of carbonyl (C=O) groups excluding carboxylic acids is 1. The van der Waals surface area contributed by atoms with Gasteiger partial charge in [0.05, 0.1) is 13.7 Å². The predicted octanol–water partition coefficient (Wildman–Crippen LogP) is 0.715. The molecule has 0 fully saturated rings.